The minimum Gasteiger partial charge on any atom is -0.300 e. The maximum atomic E-state index is 12.8. The van der Waals surface area contributed by atoms with Crippen LogP contribution in [0.25, 0.3) is 0 Å². The Morgan fingerprint density at radius 1 is 0.750 bits per heavy atom. The van der Waals surface area contributed by atoms with Crippen molar-refractivity contribution in [2.75, 3.05) is 26.4 Å². The van der Waals surface area contributed by atoms with E-state index in [2.05, 4.69) is 0 Å². The molecule has 2 heterocycles. The zero-order chi connectivity index (χ0) is 20.5. The molecule has 0 aromatic heterocycles. The third-order valence-corrected chi connectivity index (χ3v) is 11.6. The summed E-state index contributed by atoms with van der Waals surface area (Å²) in [4.78, 5) is 0. The predicted molar refractivity (Wildman–Crippen MR) is 116 cm³/mol. The van der Waals surface area contributed by atoms with E-state index in [-0.39, 0.29) is 10.8 Å². The van der Waals surface area contributed by atoms with E-state index in [4.69, 9.17) is 18.1 Å². The Balaban J connectivity index is 1.58. The molecule has 0 amide bonds. The summed E-state index contributed by atoms with van der Waals surface area (Å²) in [6, 6.07) is 7.82. The van der Waals surface area contributed by atoms with Gasteiger partial charge in [-0.25, -0.2) is 9.13 Å². The smallest absolute Gasteiger partial charge is 0.300 e. The first-order valence-corrected chi connectivity index (χ1v) is 15.4. The van der Waals surface area contributed by atoms with E-state index in [1.807, 2.05) is 52.0 Å². The van der Waals surface area contributed by atoms with Crippen molar-refractivity contribution in [3.05, 3.63) is 35.4 Å². The van der Waals surface area contributed by atoms with Crippen LogP contribution in [-0.4, -0.2) is 26.4 Å². The van der Waals surface area contributed by atoms with E-state index >= 15 is 0 Å². The third-order valence-electron chi connectivity index (χ3n) is 4.33. The minimum absolute atomic E-state index is 0.121. The Morgan fingerprint density at radius 2 is 1.07 bits per heavy atom. The fourth-order valence-corrected chi connectivity index (χ4v) is 9.40. The summed E-state index contributed by atoms with van der Waals surface area (Å²) >= 11 is 2.40. The second-order valence-corrected chi connectivity index (χ2v) is 16.8. The van der Waals surface area contributed by atoms with Crippen molar-refractivity contribution >= 4 is 36.4 Å². The Kier molecular flexibility index (Phi) is 7.16. The third kappa shape index (κ3) is 6.36. The minimum atomic E-state index is -3.15. The highest BCUT2D eigenvalue weighted by molar-refractivity contribution is 8.55. The van der Waals surface area contributed by atoms with Gasteiger partial charge in [-0.1, -0.05) is 52.0 Å². The molecule has 0 spiro atoms. The maximum absolute atomic E-state index is 12.8. The Bertz CT molecular complexity index is 705. The lowest BCUT2D eigenvalue weighted by molar-refractivity contribution is 0.0499. The van der Waals surface area contributed by atoms with E-state index in [1.165, 1.54) is 22.8 Å². The second-order valence-electron chi connectivity index (χ2n) is 8.63. The second kappa shape index (κ2) is 8.76. The molecule has 2 aliphatic heterocycles. The maximum Gasteiger partial charge on any atom is 0.389 e. The highest BCUT2D eigenvalue weighted by Crippen LogP contribution is 2.66. The molecule has 1 aromatic rings. The van der Waals surface area contributed by atoms with Gasteiger partial charge in [0, 0.05) is 22.3 Å². The molecule has 10 heteroatoms. The molecule has 2 aliphatic rings. The Morgan fingerprint density at radius 3 is 1.39 bits per heavy atom. The van der Waals surface area contributed by atoms with Crippen LogP contribution in [0.2, 0.25) is 0 Å². The normalized spacial score (nSPS) is 25.3. The molecule has 0 aliphatic carbocycles. The topological polar surface area (TPSA) is 71.1 Å². The molecular formula is C18H28O6P2S2. The van der Waals surface area contributed by atoms with E-state index in [1.54, 1.807) is 0 Å². The lowest BCUT2D eigenvalue weighted by Crippen LogP contribution is -2.28. The molecule has 0 atom stereocenters. The van der Waals surface area contributed by atoms with Crippen LogP contribution in [0.5, 0.6) is 0 Å². The van der Waals surface area contributed by atoms with Crippen LogP contribution < -0.4 is 0 Å². The highest BCUT2D eigenvalue weighted by atomic mass is 32.7. The summed E-state index contributed by atoms with van der Waals surface area (Å²) in [6.45, 7) is 3.47. The molecule has 0 saturated carbocycles. The van der Waals surface area contributed by atoms with Crippen molar-refractivity contribution in [2.45, 2.75) is 39.2 Å². The van der Waals surface area contributed by atoms with Gasteiger partial charge in [0.2, 0.25) is 0 Å². The quantitative estimate of drug-likeness (QED) is 0.439. The van der Waals surface area contributed by atoms with Gasteiger partial charge in [0.25, 0.3) is 0 Å². The summed E-state index contributed by atoms with van der Waals surface area (Å²) in [7, 11) is 0. The fourth-order valence-electron chi connectivity index (χ4n) is 2.46. The molecule has 2 saturated heterocycles. The van der Waals surface area contributed by atoms with Crippen LogP contribution >= 0.6 is 36.4 Å². The highest BCUT2D eigenvalue weighted by Gasteiger charge is 2.38. The van der Waals surface area contributed by atoms with Gasteiger partial charge < -0.3 is 18.1 Å². The monoisotopic (exact) mass is 466 g/mol. The van der Waals surface area contributed by atoms with Gasteiger partial charge in [-0.15, -0.1) is 0 Å². The van der Waals surface area contributed by atoms with E-state index in [9.17, 15) is 9.13 Å². The van der Waals surface area contributed by atoms with Crippen LogP contribution in [0.15, 0.2) is 24.3 Å². The summed E-state index contributed by atoms with van der Waals surface area (Å²) in [5.74, 6) is 0.987. The number of hydrogen-bond donors (Lipinski definition) is 0. The van der Waals surface area contributed by atoms with Crippen molar-refractivity contribution in [3.8, 4) is 0 Å². The molecule has 2 fully saturated rings. The van der Waals surface area contributed by atoms with Crippen LogP contribution in [0.1, 0.15) is 38.8 Å². The molecule has 158 valence electrons. The molecule has 0 radical (unpaired) electrons. The van der Waals surface area contributed by atoms with Crippen molar-refractivity contribution < 1.29 is 27.2 Å². The van der Waals surface area contributed by atoms with Crippen LogP contribution in [0.4, 0.5) is 0 Å². The van der Waals surface area contributed by atoms with Crippen molar-refractivity contribution in [1.29, 1.82) is 0 Å². The van der Waals surface area contributed by atoms with Gasteiger partial charge in [0.1, 0.15) is 0 Å². The summed E-state index contributed by atoms with van der Waals surface area (Å²) in [5.41, 5.74) is 1.78. The molecule has 6 nitrogen and oxygen atoms in total. The van der Waals surface area contributed by atoms with Crippen molar-refractivity contribution in [2.24, 2.45) is 10.8 Å². The van der Waals surface area contributed by atoms with Gasteiger partial charge in [-0.2, -0.15) is 0 Å². The van der Waals surface area contributed by atoms with Gasteiger partial charge in [-0.3, -0.25) is 0 Å². The molecular weight excluding hydrogens is 438 g/mol. The van der Waals surface area contributed by atoms with Gasteiger partial charge in [0.05, 0.1) is 26.4 Å². The average molecular weight is 466 g/mol. The van der Waals surface area contributed by atoms with Gasteiger partial charge >= 0.3 is 13.6 Å². The first-order chi connectivity index (χ1) is 13.0. The first kappa shape index (κ1) is 22.9. The zero-order valence-corrected chi connectivity index (χ0v) is 20.1. The zero-order valence-electron chi connectivity index (χ0n) is 16.7. The fraction of sp³-hybridized carbons (Fsp3) is 0.667. The molecule has 3 rings (SSSR count). The number of benzene rings is 1. The van der Waals surface area contributed by atoms with Crippen LogP contribution in [0.3, 0.4) is 0 Å². The van der Waals surface area contributed by atoms with Gasteiger partial charge in [0.15, 0.2) is 0 Å². The lowest BCUT2D eigenvalue weighted by atomic mass is 9.97. The number of rotatable bonds is 6. The Hall–Kier alpha value is 0.220. The number of hydrogen-bond acceptors (Lipinski definition) is 8. The predicted octanol–water partition coefficient (Wildman–Crippen LogP) is 6.52. The van der Waals surface area contributed by atoms with Crippen LogP contribution in [-0.2, 0) is 38.7 Å². The van der Waals surface area contributed by atoms with Crippen LogP contribution in [0, 0.1) is 10.8 Å². The molecule has 28 heavy (non-hydrogen) atoms. The first-order valence-electron chi connectivity index (χ1n) is 9.14. The summed E-state index contributed by atoms with van der Waals surface area (Å²) in [5, 5.41) is 0. The van der Waals surface area contributed by atoms with Gasteiger partial charge in [-0.05, 0) is 33.9 Å². The van der Waals surface area contributed by atoms with E-state index in [0.29, 0.717) is 37.9 Å². The SMILES string of the molecule is CC1(C)COP(=O)(SCc2ccccc2CSP2(=O)OCC(C)(C)CO2)OC1. The summed E-state index contributed by atoms with van der Waals surface area (Å²) in [6.07, 6.45) is 0. The standard InChI is InChI=1S/C18H28O6P2S2/c1-17(2)11-21-25(19,22-12-17)27-9-15-7-5-6-8-16(15)10-28-26(20)23-13-18(3,4)14-24-26/h5-8H,9-14H2,1-4H3. The van der Waals surface area contributed by atoms with E-state index < -0.39 is 13.6 Å². The molecule has 0 N–H and O–H groups in total. The average Bonchev–Trinajstić information content (AvgIpc) is 2.65. The summed E-state index contributed by atoms with van der Waals surface area (Å²) < 4.78 is 47.7. The Labute approximate surface area is 175 Å². The van der Waals surface area contributed by atoms with E-state index in [0.717, 1.165) is 11.1 Å². The lowest BCUT2D eigenvalue weighted by Gasteiger charge is -2.33. The molecule has 0 unspecified atom stereocenters. The van der Waals surface area contributed by atoms with Crippen molar-refractivity contribution in [1.82, 2.24) is 0 Å². The largest absolute Gasteiger partial charge is 0.389 e. The molecule has 0 bridgehead atoms. The van der Waals surface area contributed by atoms with Crippen molar-refractivity contribution in [3.63, 3.8) is 0 Å². The molecule has 1 aromatic carbocycles.